The number of rotatable bonds is 2. The summed E-state index contributed by atoms with van der Waals surface area (Å²) in [4.78, 5) is 21.7. The van der Waals surface area contributed by atoms with Gasteiger partial charge in [0, 0.05) is 25.3 Å². The molecule has 0 unspecified atom stereocenters. The van der Waals surface area contributed by atoms with E-state index in [0.717, 1.165) is 42.7 Å². The average molecular weight is 294 g/mol. The number of piperidine rings is 1. The van der Waals surface area contributed by atoms with Crippen molar-refractivity contribution < 1.29 is 0 Å². The van der Waals surface area contributed by atoms with E-state index in [-0.39, 0.29) is 11.7 Å². The van der Waals surface area contributed by atoms with Gasteiger partial charge < -0.3 is 9.88 Å². The summed E-state index contributed by atoms with van der Waals surface area (Å²) in [7, 11) is 0. The molecule has 3 aromatic rings. The summed E-state index contributed by atoms with van der Waals surface area (Å²) in [5.41, 5.74) is 3.09. The molecular weight excluding hydrogens is 276 g/mol. The van der Waals surface area contributed by atoms with E-state index in [1.54, 1.807) is 6.20 Å². The van der Waals surface area contributed by atoms with Gasteiger partial charge in [-0.3, -0.25) is 9.55 Å². The van der Waals surface area contributed by atoms with Crippen molar-refractivity contribution in [3.8, 4) is 0 Å². The summed E-state index contributed by atoms with van der Waals surface area (Å²) < 4.78 is 1.93. The highest BCUT2D eigenvalue weighted by molar-refractivity contribution is 5.75. The molecular formula is C17H18N4O. The molecule has 2 aromatic heterocycles. The summed E-state index contributed by atoms with van der Waals surface area (Å²) in [6.07, 6.45) is 5.63. The lowest BCUT2D eigenvalue weighted by molar-refractivity contribution is 0.396. The third-order valence-electron chi connectivity index (χ3n) is 4.46. The highest BCUT2D eigenvalue weighted by atomic mass is 16.1. The minimum absolute atomic E-state index is 0.000952. The van der Waals surface area contributed by atoms with Gasteiger partial charge in [-0.2, -0.15) is 0 Å². The molecule has 0 radical (unpaired) electrons. The van der Waals surface area contributed by atoms with Gasteiger partial charge in [-0.05, 0) is 37.1 Å². The first-order chi connectivity index (χ1) is 10.8. The SMILES string of the molecule is O=c1[nH]c2ccccc2n1C1CCN(c2cccnc2)CC1. The van der Waals surface area contributed by atoms with E-state index in [1.807, 2.05) is 41.1 Å². The highest BCUT2D eigenvalue weighted by Crippen LogP contribution is 2.27. The van der Waals surface area contributed by atoms with Gasteiger partial charge >= 0.3 is 5.69 Å². The van der Waals surface area contributed by atoms with Crippen molar-refractivity contribution in [1.82, 2.24) is 14.5 Å². The smallest absolute Gasteiger partial charge is 0.326 e. The molecule has 4 rings (SSSR count). The van der Waals surface area contributed by atoms with Gasteiger partial charge in [-0.1, -0.05) is 12.1 Å². The first kappa shape index (κ1) is 13.1. The molecule has 1 fully saturated rings. The zero-order valence-corrected chi connectivity index (χ0v) is 12.3. The number of hydrogen-bond donors (Lipinski definition) is 1. The van der Waals surface area contributed by atoms with E-state index < -0.39 is 0 Å². The fourth-order valence-electron chi connectivity index (χ4n) is 3.36. The number of nitrogens with one attached hydrogen (secondary N) is 1. The zero-order valence-electron chi connectivity index (χ0n) is 12.3. The first-order valence-electron chi connectivity index (χ1n) is 7.67. The Morgan fingerprint density at radius 1 is 1.09 bits per heavy atom. The lowest BCUT2D eigenvalue weighted by atomic mass is 10.0. The number of para-hydroxylation sites is 2. The Kier molecular flexibility index (Phi) is 3.18. The van der Waals surface area contributed by atoms with Gasteiger partial charge in [0.1, 0.15) is 0 Å². The summed E-state index contributed by atoms with van der Waals surface area (Å²) in [6.45, 7) is 1.89. The van der Waals surface area contributed by atoms with Crippen LogP contribution in [0.4, 0.5) is 5.69 Å². The summed E-state index contributed by atoms with van der Waals surface area (Å²) in [5, 5.41) is 0. The van der Waals surface area contributed by atoms with Crippen LogP contribution in [0.3, 0.4) is 0 Å². The number of aromatic nitrogens is 3. The third-order valence-corrected chi connectivity index (χ3v) is 4.46. The topological polar surface area (TPSA) is 53.9 Å². The normalized spacial score (nSPS) is 16.3. The fourth-order valence-corrected chi connectivity index (χ4v) is 3.36. The number of fused-ring (bicyclic) bond motifs is 1. The minimum atomic E-state index is 0.000952. The predicted octanol–water partition coefficient (Wildman–Crippen LogP) is 2.57. The van der Waals surface area contributed by atoms with Crippen LogP contribution in [0.25, 0.3) is 11.0 Å². The molecule has 1 saturated heterocycles. The van der Waals surface area contributed by atoms with E-state index in [2.05, 4.69) is 20.9 Å². The van der Waals surface area contributed by atoms with Crippen molar-refractivity contribution >= 4 is 16.7 Å². The number of anilines is 1. The van der Waals surface area contributed by atoms with Crippen molar-refractivity contribution in [3.05, 3.63) is 59.3 Å². The third kappa shape index (κ3) is 2.19. The summed E-state index contributed by atoms with van der Waals surface area (Å²) in [5.74, 6) is 0. The van der Waals surface area contributed by atoms with Crippen LogP contribution in [0.5, 0.6) is 0 Å². The molecule has 3 heterocycles. The van der Waals surface area contributed by atoms with Crippen molar-refractivity contribution in [1.29, 1.82) is 0 Å². The summed E-state index contributed by atoms with van der Waals surface area (Å²) in [6, 6.07) is 12.2. The molecule has 0 amide bonds. The number of aromatic amines is 1. The van der Waals surface area contributed by atoms with Crippen LogP contribution in [0, 0.1) is 0 Å². The molecule has 0 bridgehead atoms. The fraction of sp³-hybridized carbons (Fsp3) is 0.294. The van der Waals surface area contributed by atoms with Crippen molar-refractivity contribution in [3.63, 3.8) is 0 Å². The summed E-state index contributed by atoms with van der Waals surface area (Å²) >= 11 is 0. The lowest BCUT2D eigenvalue weighted by Gasteiger charge is -2.33. The number of benzene rings is 1. The van der Waals surface area contributed by atoms with E-state index >= 15 is 0 Å². The highest BCUT2D eigenvalue weighted by Gasteiger charge is 2.23. The molecule has 22 heavy (non-hydrogen) atoms. The van der Waals surface area contributed by atoms with Gasteiger partial charge in [0.25, 0.3) is 0 Å². The van der Waals surface area contributed by atoms with Gasteiger partial charge in [0.2, 0.25) is 0 Å². The second-order valence-corrected chi connectivity index (χ2v) is 5.75. The van der Waals surface area contributed by atoms with Crippen LogP contribution < -0.4 is 10.6 Å². The zero-order chi connectivity index (χ0) is 14.9. The van der Waals surface area contributed by atoms with E-state index in [9.17, 15) is 4.79 Å². The lowest BCUT2D eigenvalue weighted by Crippen LogP contribution is -2.37. The van der Waals surface area contributed by atoms with Crippen molar-refractivity contribution in [2.45, 2.75) is 18.9 Å². The maximum atomic E-state index is 12.3. The van der Waals surface area contributed by atoms with Crippen LogP contribution in [0.15, 0.2) is 53.6 Å². The monoisotopic (exact) mass is 294 g/mol. The van der Waals surface area contributed by atoms with Crippen LogP contribution in [-0.4, -0.2) is 27.6 Å². The molecule has 0 spiro atoms. The van der Waals surface area contributed by atoms with Crippen molar-refractivity contribution in [2.75, 3.05) is 18.0 Å². The van der Waals surface area contributed by atoms with Crippen LogP contribution in [-0.2, 0) is 0 Å². The first-order valence-corrected chi connectivity index (χ1v) is 7.67. The Labute approximate surface area is 128 Å². The van der Waals surface area contributed by atoms with E-state index in [1.165, 1.54) is 0 Å². The Hall–Kier alpha value is -2.56. The molecule has 5 heteroatoms. The average Bonchev–Trinajstić information content (AvgIpc) is 2.91. The van der Waals surface area contributed by atoms with Crippen LogP contribution in [0.1, 0.15) is 18.9 Å². The maximum absolute atomic E-state index is 12.3. The van der Waals surface area contributed by atoms with Gasteiger partial charge in [-0.15, -0.1) is 0 Å². The van der Waals surface area contributed by atoms with E-state index in [4.69, 9.17) is 0 Å². The predicted molar refractivity (Wildman–Crippen MR) is 87.3 cm³/mol. The largest absolute Gasteiger partial charge is 0.370 e. The molecule has 0 saturated carbocycles. The number of imidazole rings is 1. The van der Waals surface area contributed by atoms with Crippen LogP contribution in [0.2, 0.25) is 0 Å². The Morgan fingerprint density at radius 3 is 2.68 bits per heavy atom. The Bertz CT molecular complexity index is 828. The second kappa shape index (κ2) is 5.33. The molecule has 1 aliphatic rings. The molecule has 0 atom stereocenters. The standard InChI is InChI=1S/C17H18N4O/c22-17-19-15-5-1-2-6-16(15)21(17)13-7-10-20(11-8-13)14-4-3-9-18-12-14/h1-6,9,12-13H,7-8,10-11H2,(H,19,22). The molecule has 1 aliphatic heterocycles. The number of hydrogen-bond acceptors (Lipinski definition) is 3. The quantitative estimate of drug-likeness (QED) is 0.790. The molecule has 1 N–H and O–H groups in total. The van der Waals surface area contributed by atoms with E-state index in [0.29, 0.717) is 0 Å². The van der Waals surface area contributed by atoms with Crippen molar-refractivity contribution in [2.24, 2.45) is 0 Å². The number of nitrogens with zero attached hydrogens (tertiary/aromatic N) is 3. The van der Waals surface area contributed by atoms with Gasteiger partial charge in [0.15, 0.2) is 0 Å². The Balaban J connectivity index is 1.58. The maximum Gasteiger partial charge on any atom is 0.326 e. The molecule has 0 aliphatic carbocycles. The van der Waals surface area contributed by atoms with Crippen LogP contribution >= 0.6 is 0 Å². The second-order valence-electron chi connectivity index (χ2n) is 5.75. The molecule has 5 nitrogen and oxygen atoms in total. The van der Waals surface area contributed by atoms with Gasteiger partial charge in [0.05, 0.1) is 22.9 Å². The number of pyridine rings is 1. The minimum Gasteiger partial charge on any atom is -0.370 e. The van der Waals surface area contributed by atoms with Gasteiger partial charge in [-0.25, -0.2) is 4.79 Å². The molecule has 1 aromatic carbocycles. The molecule has 112 valence electrons. The number of H-pyrrole nitrogens is 1. The Morgan fingerprint density at radius 2 is 1.91 bits per heavy atom.